The number of likely N-dealkylation sites (tertiary alicyclic amines) is 1. The molecule has 3 aliphatic heterocycles. The number of para-hydroxylation sites is 1. The van der Waals surface area contributed by atoms with Crippen molar-refractivity contribution < 1.29 is 18.7 Å². The summed E-state index contributed by atoms with van der Waals surface area (Å²) < 4.78 is 28.6. The van der Waals surface area contributed by atoms with Gasteiger partial charge in [0.05, 0.1) is 37.5 Å². The first kappa shape index (κ1) is 27.1. The molecule has 9 heteroatoms. The fraction of sp³-hybridized carbons (Fsp3) is 0.581. The molecule has 5 heterocycles. The number of unbranched alkanes of at least 4 members (excludes halogenated alkanes) is 1. The first-order valence-electron chi connectivity index (χ1n) is 14.8. The lowest BCUT2D eigenvalue weighted by Gasteiger charge is -2.25. The molecule has 214 valence electrons. The van der Waals surface area contributed by atoms with Crippen molar-refractivity contribution >= 4 is 23.0 Å². The number of alkyl halides is 1. The standard InChI is InChI=1S/C31H40FN5O3/c1-39-29-16-23(35-31-26(29)9-5-13-33-31)7-2-3-10-27(32)22-11-14-36(18-22)28(19-38)25-8-4-6-21-17-34-37(30(21)25)24-12-15-40-20-24/h4,6,8,16-17,19,22,24,27-28H,2-3,5,7,9-15,18,20H2,1H3,(H,33,35)/t22-,24+,27-,28-/m1/s1. The Hall–Kier alpha value is -3.04. The van der Waals surface area contributed by atoms with E-state index >= 15 is 4.39 Å². The second-order valence-electron chi connectivity index (χ2n) is 11.5. The van der Waals surface area contributed by atoms with Crippen LogP contribution >= 0.6 is 0 Å². The highest BCUT2D eigenvalue weighted by molar-refractivity contribution is 5.85. The molecule has 4 atom stereocenters. The van der Waals surface area contributed by atoms with Crippen LogP contribution in [0.1, 0.15) is 67.4 Å². The molecule has 1 N–H and O–H groups in total. The number of hydrogen-bond acceptors (Lipinski definition) is 7. The topological polar surface area (TPSA) is 81.5 Å². The maximum atomic E-state index is 15.4. The number of carbonyl (C=O) groups is 1. The SMILES string of the molecule is COc1cc(CCCC[C@@H](F)[C@@H]2CCN([C@H](C=O)c3cccc4cnn([C@H]5CCOC5)c34)C2)nc2c1CCCN2. The molecule has 0 radical (unpaired) electrons. The van der Waals surface area contributed by atoms with Gasteiger partial charge >= 0.3 is 0 Å². The highest BCUT2D eigenvalue weighted by Crippen LogP contribution is 2.36. The summed E-state index contributed by atoms with van der Waals surface area (Å²) >= 11 is 0. The van der Waals surface area contributed by atoms with Gasteiger partial charge in [-0.2, -0.15) is 5.10 Å². The van der Waals surface area contributed by atoms with E-state index in [1.807, 2.05) is 35.1 Å². The van der Waals surface area contributed by atoms with Crippen molar-refractivity contribution in [2.45, 2.75) is 69.6 Å². The number of halogens is 1. The minimum atomic E-state index is -0.873. The van der Waals surface area contributed by atoms with E-state index in [2.05, 4.69) is 15.3 Å². The number of aromatic nitrogens is 3. The average Bonchev–Trinajstić information content (AvgIpc) is 3.76. The number of fused-ring (bicyclic) bond motifs is 2. The largest absolute Gasteiger partial charge is 0.496 e. The predicted molar refractivity (Wildman–Crippen MR) is 153 cm³/mol. The molecular weight excluding hydrogens is 509 g/mol. The average molecular weight is 550 g/mol. The fourth-order valence-electron chi connectivity index (χ4n) is 6.73. The first-order chi connectivity index (χ1) is 19.7. The Labute approximate surface area is 235 Å². The monoisotopic (exact) mass is 549 g/mol. The summed E-state index contributed by atoms with van der Waals surface area (Å²) in [5.74, 6) is 1.79. The zero-order valence-electron chi connectivity index (χ0n) is 23.4. The zero-order chi connectivity index (χ0) is 27.5. The highest BCUT2D eigenvalue weighted by Gasteiger charge is 2.35. The van der Waals surface area contributed by atoms with Crippen molar-refractivity contribution in [3.8, 4) is 5.75 Å². The van der Waals surface area contributed by atoms with E-state index < -0.39 is 12.2 Å². The zero-order valence-corrected chi connectivity index (χ0v) is 23.4. The highest BCUT2D eigenvalue weighted by atomic mass is 19.1. The molecule has 0 bridgehead atoms. The van der Waals surface area contributed by atoms with Crippen LogP contribution in [0, 0.1) is 5.92 Å². The number of methoxy groups -OCH3 is 1. The maximum Gasteiger partial charge on any atom is 0.141 e. The molecule has 3 aliphatic rings. The lowest BCUT2D eigenvalue weighted by molar-refractivity contribution is -0.112. The summed E-state index contributed by atoms with van der Waals surface area (Å²) in [4.78, 5) is 19.4. The van der Waals surface area contributed by atoms with Gasteiger partial charge in [0.15, 0.2) is 0 Å². The van der Waals surface area contributed by atoms with Crippen LogP contribution in [0.15, 0.2) is 30.5 Å². The molecule has 2 fully saturated rings. The second-order valence-corrected chi connectivity index (χ2v) is 11.5. The van der Waals surface area contributed by atoms with Crippen LogP contribution in [0.3, 0.4) is 0 Å². The Morgan fingerprint density at radius 1 is 1.30 bits per heavy atom. The van der Waals surface area contributed by atoms with Crippen molar-refractivity contribution in [1.82, 2.24) is 19.7 Å². The van der Waals surface area contributed by atoms with Crippen LogP contribution in [-0.4, -0.2) is 72.1 Å². The number of anilines is 1. The number of nitrogens with one attached hydrogen (secondary N) is 1. The molecule has 0 spiro atoms. The fourth-order valence-corrected chi connectivity index (χ4v) is 6.73. The number of benzene rings is 1. The van der Waals surface area contributed by atoms with Crippen molar-refractivity contribution in [1.29, 1.82) is 0 Å². The van der Waals surface area contributed by atoms with E-state index in [4.69, 9.17) is 14.5 Å². The van der Waals surface area contributed by atoms with E-state index in [0.29, 0.717) is 19.6 Å². The van der Waals surface area contributed by atoms with Crippen molar-refractivity contribution in [3.05, 3.63) is 47.3 Å². The Morgan fingerprint density at radius 3 is 3.05 bits per heavy atom. The Kier molecular flexibility index (Phi) is 8.30. The van der Waals surface area contributed by atoms with Crippen LogP contribution in [0.5, 0.6) is 5.75 Å². The van der Waals surface area contributed by atoms with Crippen molar-refractivity contribution in [3.63, 3.8) is 0 Å². The number of aryl methyl sites for hydroxylation is 1. The summed E-state index contributed by atoms with van der Waals surface area (Å²) in [7, 11) is 1.71. The summed E-state index contributed by atoms with van der Waals surface area (Å²) in [6, 6.07) is 7.86. The molecule has 1 aromatic carbocycles. The quantitative estimate of drug-likeness (QED) is 0.264. The molecule has 2 saturated heterocycles. The summed E-state index contributed by atoms with van der Waals surface area (Å²) in [5, 5.41) is 9.06. The molecule has 0 aliphatic carbocycles. The number of pyridine rings is 1. The van der Waals surface area contributed by atoms with Crippen LogP contribution in [0.25, 0.3) is 10.9 Å². The van der Waals surface area contributed by atoms with Gasteiger partial charge in [-0.05, 0) is 51.5 Å². The third kappa shape index (κ3) is 5.46. The van der Waals surface area contributed by atoms with Gasteiger partial charge in [0.25, 0.3) is 0 Å². The van der Waals surface area contributed by atoms with Crippen LogP contribution in [0.2, 0.25) is 0 Å². The molecule has 8 nitrogen and oxygen atoms in total. The van der Waals surface area contributed by atoms with Gasteiger partial charge in [0.2, 0.25) is 0 Å². The lowest BCUT2D eigenvalue weighted by atomic mass is 9.97. The van der Waals surface area contributed by atoms with Gasteiger partial charge in [0, 0.05) is 53.9 Å². The number of aldehydes is 1. The number of rotatable bonds is 11. The number of nitrogens with zero attached hydrogens (tertiary/aromatic N) is 4. The predicted octanol–water partition coefficient (Wildman–Crippen LogP) is 5.07. The van der Waals surface area contributed by atoms with Gasteiger partial charge in [-0.15, -0.1) is 0 Å². The molecular formula is C31H40FN5O3. The Morgan fingerprint density at radius 2 is 2.23 bits per heavy atom. The molecule has 0 amide bonds. The Balaban J connectivity index is 1.05. The van der Waals surface area contributed by atoms with Gasteiger partial charge < -0.3 is 19.6 Å². The summed E-state index contributed by atoms with van der Waals surface area (Å²) in [6.07, 6.45) is 8.82. The maximum absolute atomic E-state index is 15.4. The number of ether oxygens (including phenoxy) is 2. The van der Waals surface area contributed by atoms with Gasteiger partial charge in [-0.25, -0.2) is 9.37 Å². The van der Waals surface area contributed by atoms with E-state index in [1.165, 1.54) is 0 Å². The third-order valence-electron chi connectivity index (χ3n) is 8.92. The van der Waals surface area contributed by atoms with E-state index in [9.17, 15) is 4.79 Å². The summed E-state index contributed by atoms with van der Waals surface area (Å²) in [5.41, 5.74) is 4.11. The molecule has 40 heavy (non-hydrogen) atoms. The second kappa shape index (κ2) is 12.2. The van der Waals surface area contributed by atoms with E-state index in [0.717, 1.165) is 110 Å². The molecule has 2 aromatic heterocycles. The van der Waals surface area contributed by atoms with E-state index in [-0.39, 0.29) is 12.0 Å². The van der Waals surface area contributed by atoms with Crippen molar-refractivity contribution in [2.75, 3.05) is 45.3 Å². The van der Waals surface area contributed by atoms with Crippen LogP contribution in [-0.2, 0) is 22.4 Å². The van der Waals surface area contributed by atoms with Gasteiger partial charge in [-0.3, -0.25) is 9.58 Å². The van der Waals surface area contributed by atoms with Crippen molar-refractivity contribution in [2.24, 2.45) is 5.92 Å². The normalized spacial score (nSPS) is 22.6. The molecule has 3 aromatic rings. The molecule has 6 rings (SSSR count). The Bertz CT molecular complexity index is 1310. The number of hydrogen-bond donors (Lipinski definition) is 1. The van der Waals surface area contributed by atoms with Gasteiger partial charge in [0.1, 0.15) is 24.0 Å². The molecule has 0 saturated carbocycles. The smallest absolute Gasteiger partial charge is 0.141 e. The van der Waals surface area contributed by atoms with Gasteiger partial charge in [-0.1, -0.05) is 24.6 Å². The lowest BCUT2D eigenvalue weighted by Crippen LogP contribution is -2.30. The van der Waals surface area contributed by atoms with E-state index in [1.54, 1.807) is 7.11 Å². The first-order valence-corrected chi connectivity index (χ1v) is 14.8. The third-order valence-corrected chi connectivity index (χ3v) is 8.92. The number of carbonyl (C=O) groups excluding carboxylic acids is 1. The minimum absolute atomic E-state index is 0.0547. The summed E-state index contributed by atoms with van der Waals surface area (Å²) in [6.45, 7) is 3.62. The van der Waals surface area contributed by atoms with Crippen LogP contribution in [0.4, 0.5) is 10.2 Å². The van der Waals surface area contributed by atoms with Crippen LogP contribution < -0.4 is 10.1 Å². The minimum Gasteiger partial charge on any atom is -0.496 e. The molecule has 0 unspecified atom stereocenters.